The number of aliphatic hydroxyl groups is 1. The lowest BCUT2D eigenvalue weighted by molar-refractivity contribution is -0.211. The van der Waals surface area contributed by atoms with Crippen molar-refractivity contribution in [1.29, 1.82) is 5.26 Å². The van der Waals surface area contributed by atoms with Crippen LogP contribution < -0.4 is 0 Å². The normalized spacial score (nSPS) is 32.1. The number of hydrogen-bond donors (Lipinski definition) is 1. The van der Waals surface area contributed by atoms with Crippen LogP contribution in [0.3, 0.4) is 0 Å². The summed E-state index contributed by atoms with van der Waals surface area (Å²) >= 11 is 0. The van der Waals surface area contributed by atoms with E-state index in [0.29, 0.717) is 39.0 Å². The van der Waals surface area contributed by atoms with Crippen molar-refractivity contribution in [2.24, 2.45) is 10.8 Å². The smallest absolute Gasteiger partial charge is 0.243 e. The third-order valence-corrected chi connectivity index (χ3v) is 6.42. The first-order chi connectivity index (χ1) is 11.1. The van der Waals surface area contributed by atoms with E-state index in [1.807, 2.05) is 11.8 Å². The molecule has 128 valence electrons. The van der Waals surface area contributed by atoms with Gasteiger partial charge < -0.3 is 14.7 Å². The fourth-order valence-corrected chi connectivity index (χ4v) is 4.77. The molecule has 23 heavy (non-hydrogen) atoms. The van der Waals surface area contributed by atoms with Crippen LogP contribution in [0.1, 0.15) is 58.3 Å². The second-order valence-electron chi connectivity index (χ2n) is 7.48. The number of nitriles is 1. The van der Waals surface area contributed by atoms with Crippen LogP contribution in [0, 0.1) is 22.2 Å². The average Bonchev–Trinajstić information content (AvgIpc) is 2.61. The summed E-state index contributed by atoms with van der Waals surface area (Å²) in [5.41, 5.74) is -0.959. The van der Waals surface area contributed by atoms with Crippen molar-refractivity contribution in [2.45, 2.75) is 70.5 Å². The van der Waals surface area contributed by atoms with Gasteiger partial charge in [0.2, 0.25) is 5.91 Å². The van der Waals surface area contributed by atoms with Crippen molar-refractivity contribution in [3.63, 3.8) is 0 Å². The molecule has 3 rings (SSSR count). The van der Waals surface area contributed by atoms with Crippen molar-refractivity contribution in [3.8, 4) is 6.07 Å². The molecule has 0 aromatic rings. The molecule has 3 aliphatic rings. The minimum absolute atomic E-state index is 0.0244. The summed E-state index contributed by atoms with van der Waals surface area (Å²) in [4.78, 5) is 14.8. The third kappa shape index (κ3) is 2.66. The molecule has 5 nitrogen and oxygen atoms in total. The number of nitrogens with zero attached hydrogens (tertiary/aromatic N) is 2. The Morgan fingerprint density at radius 3 is 2.43 bits per heavy atom. The van der Waals surface area contributed by atoms with E-state index in [-0.39, 0.29) is 23.5 Å². The highest BCUT2D eigenvalue weighted by atomic mass is 16.5. The SMILES string of the molecule is CCO[C@@H]1C[C@@H](O)C12CCN(C(=O)C1(C#N)CCCCC1)CC2. The van der Waals surface area contributed by atoms with E-state index in [1.54, 1.807) is 0 Å². The van der Waals surface area contributed by atoms with Crippen LogP contribution in [0.4, 0.5) is 0 Å². The number of piperidine rings is 1. The molecule has 1 saturated heterocycles. The first-order valence-corrected chi connectivity index (χ1v) is 9.08. The molecule has 1 spiro atoms. The lowest BCUT2D eigenvalue weighted by Crippen LogP contribution is -2.63. The van der Waals surface area contributed by atoms with Gasteiger partial charge in [0, 0.05) is 31.5 Å². The molecule has 1 amide bonds. The highest BCUT2D eigenvalue weighted by molar-refractivity contribution is 5.85. The van der Waals surface area contributed by atoms with E-state index >= 15 is 0 Å². The van der Waals surface area contributed by atoms with Crippen molar-refractivity contribution < 1.29 is 14.6 Å². The number of aliphatic hydroxyl groups excluding tert-OH is 1. The number of ether oxygens (including phenoxy) is 1. The summed E-state index contributed by atoms with van der Waals surface area (Å²) in [5.74, 6) is 0.0244. The molecule has 1 heterocycles. The molecule has 5 heteroatoms. The van der Waals surface area contributed by atoms with Gasteiger partial charge in [-0.3, -0.25) is 4.79 Å². The summed E-state index contributed by atoms with van der Waals surface area (Å²) in [5, 5.41) is 19.9. The van der Waals surface area contributed by atoms with Gasteiger partial charge in [-0.15, -0.1) is 0 Å². The Bertz CT molecular complexity index is 483. The van der Waals surface area contributed by atoms with Crippen LogP contribution in [0.15, 0.2) is 0 Å². The molecule has 1 aliphatic heterocycles. The zero-order valence-electron chi connectivity index (χ0n) is 14.1. The van der Waals surface area contributed by atoms with Crippen LogP contribution in [0.5, 0.6) is 0 Å². The first kappa shape index (κ1) is 16.7. The highest BCUT2D eigenvalue weighted by Gasteiger charge is 2.57. The second kappa shape index (κ2) is 6.41. The molecular weight excluding hydrogens is 292 g/mol. The van der Waals surface area contributed by atoms with Gasteiger partial charge >= 0.3 is 0 Å². The maximum absolute atomic E-state index is 12.9. The standard InChI is InChI=1S/C18H28N2O3/c1-2-23-15-12-14(21)18(15)8-10-20(11-9-18)16(22)17(13-19)6-4-3-5-7-17/h14-15,21H,2-12H2,1H3/t14-,15-/m1/s1. The van der Waals surface area contributed by atoms with Crippen LogP contribution in [-0.2, 0) is 9.53 Å². The topological polar surface area (TPSA) is 73.6 Å². The summed E-state index contributed by atoms with van der Waals surface area (Å²) in [6, 6.07) is 2.34. The van der Waals surface area contributed by atoms with Gasteiger partial charge in [-0.05, 0) is 32.6 Å². The van der Waals surface area contributed by atoms with Gasteiger partial charge in [-0.2, -0.15) is 5.26 Å². The molecule has 2 aliphatic carbocycles. The minimum atomic E-state index is -0.791. The van der Waals surface area contributed by atoms with Gasteiger partial charge in [0.25, 0.3) is 0 Å². The fraction of sp³-hybridized carbons (Fsp3) is 0.889. The molecule has 0 unspecified atom stereocenters. The van der Waals surface area contributed by atoms with E-state index in [0.717, 1.165) is 32.1 Å². The van der Waals surface area contributed by atoms with Crippen molar-refractivity contribution in [2.75, 3.05) is 19.7 Å². The molecule has 0 radical (unpaired) electrons. The van der Waals surface area contributed by atoms with Crippen LogP contribution in [0.2, 0.25) is 0 Å². The highest BCUT2D eigenvalue weighted by Crippen LogP contribution is 2.51. The molecule has 0 bridgehead atoms. The maximum Gasteiger partial charge on any atom is 0.243 e. The van der Waals surface area contributed by atoms with Crippen molar-refractivity contribution >= 4 is 5.91 Å². The molecule has 3 fully saturated rings. The van der Waals surface area contributed by atoms with Crippen molar-refractivity contribution in [1.82, 2.24) is 4.90 Å². The van der Waals surface area contributed by atoms with E-state index in [9.17, 15) is 15.2 Å². The van der Waals surface area contributed by atoms with Crippen molar-refractivity contribution in [3.05, 3.63) is 0 Å². The van der Waals surface area contributed by atoms with Gasteiger partial charge in [-0.25, -0.2) is 0 Å². The Balaban J connectivity index is 1.64. The van der Waals surface area contributed by atoms with Crippen LogP contribution >= 0.6 is 0 Å². The number of carbonyl (C=O) groups is 1. The van der Waals surface area contributed by atoms with Crippen LogP contribution in [-0.4, -0.2) is 47.8 Å². The lowest BCUT2D eigenvalue weighted by atomic mass is 9.58. The Morgan fingerprint density at radius 2 is 1.91 bits per heavy atom. The lowest BCUT2D eigenvalue weighted by Gasteiger charge is -2.57. The number of hydrogen-bond acceptors (Lipinski definition) is 4. The zero-order valence-corrected chi connectivity index (χ0v) is 14.1. The predicted octanol–water partition coefficient (Wildman–Crippen LogP) is 2.24. The predicted molar refractivity (Wildman–Crippen MR) is 85.4 cm³/mol. The molecule has 0 aromatic heterocycles. The van der Waals surface area contributed by atoms with Gasteiger partial charge in [0.1, 0.15) is 5.41 Å². The Labute approximate surface area is 138 Å². The van der Waals surface area contributed by atoms with E-state index in [2.05, 4.69) is 6.07 Å². The quantitative estimate of drug-likeness (QED) is 0.865. The molecule has 2 atom stereocenters. The minimum Gasteiger partial charge on any atom is -0.392 e. The second-order valence-corrected chi connectivity index (χ2v) is 7.48. The summed E-state index contributed by atoms with van der Waals surface area (Å²) in [7, 11) is 0. The summed E-state index contributed by atoms with van der Waals surface area (Å²) in [6.45, 7) is 3.93. The van der Waals surface area contributed by atoms with E-state index in [4.69, 9.17) is 4.74 Å². The summed E-state index contributed by atoms with van der Waals surface area (Å²) < 4.78 is 5.78. The summed E-state index contributed by atoms with van der Waals surface area (Å²) in [6.07, 6.45) is 6.58. The van der Waals surface area contributed by atoms with Gasteiger partial charge in [0.05, 0.1) is 18.3 Å². The third-order valence-electron chi connectivity index (χ3n) is 6.42. The molecule has 2 saturated carbocycles. The zero-order chi connectivity index (χ0) is 16.5. The Kier molecular flexibility index (Phi) is 4.66. The van der Waals surface area contributed by atoms with Crippen LogP contribution in [0.25, 0.3) is 0 Å². The van der Waals surface area contributed by atoms with Gasteiger partial charge in [0.15, 0.2) is 0 Å². The average molecular weight is 320 g/mol. The number of likely N-dealkylation sites (tertiary alicyclic amines) is 1. The first-order valence-electron chi connectivity index (χ1n) is 9.08. The maximum atomic E-state index is 12.9. The van der Waals surface area contributed by atoms with E-state index in [1.165, 1.54) is 0 Å². The number of carbonyl (C=O) groups excluding carboxylic acids is 1. The molecular formula is C18H28N2O3. The fourth-order valence-electron chi connectivity index (χ4n) is 4.77. The largest absolute Gasteiger partial charge is 0.392 e. The Morgan fingerprint density at radius 1 is 1.26 bits per heavy atom. The number of amides is 1. The monoisotopic (exact) mass is 320 g/mol. The Hall–Kier alpha value is -1.12. The number of rotatable bonds is 3. The molecule has 1 N–H and O–H groups in total. The van der Waals surface area contributed by atoms with Gasteiger partial charge in [-0.1, -0.05) is 19.3 Å². The van der Waals surface area contributed by atoms with E-state index < -0.39 is 5.41 Å². The molecule has 0 aromatic carbocycles.